The highest BCUT2D eigenvalue weighted by Gasteiger charge is 2.35. The third-order valence-corrected chi connectivity index (χ3v) is 4.28. The Kier molecular flexibility index (Phi) is 4.50. The number of hydrogen-bond donors (Lipinski definition) is 1. The maximum absolute atomic E-state index is 12.9. The van der Waals surface area contributed by atoms with Crippen molar-refractivity contribution in [2.45, 2.75) is 6.04 Å². The molecule has 2 aromatic rings. The predicted octanol–water partition coefficient (Wildman–Crippen LogP) is 2.52. The van der Waals surface area contributed by atoms with Crippen LogP contribution >= 0.6 is 11.6 Å². The van der Waals surface area contributed by atoms with E-state index in [9.17, 15) is 9.59 Å². The van der Waals surface area contributed by atoms with Crippen LogP contribution in [-0.2, 0) is 4.79 Å². The van der Waals surface area contributed by atoms with Crippen LogP contribution in [0.15, 0.2) is 48.5 Å². The molecule has 5 nitrogen and oxygen atoms in total. The highest BCUT2D eigenvalue weighted by Crippen LogP contribution is 2.30. The smallest absolute Gasteiger partial charge is 0.254 e. The summed E-state index contributed by atoms with van der Waals surface area (Å²) in [4.78, 5) is 26.8. The van der Waals surface area contributed by atoms with Crippen molar-refractivity contribution < 1.29 is 9.59 Å². The highest BCUT2D eigenvalue weighted by atomic mass is 35.5. The van der Waals surface area contributed by atoms with Crippen LogP contribution in [0.3, 0.4) is 0 Å². The second-order valence-corrected chi connectivity index (χ2v) is 5.81. The van der Waals surface area contributed by atoms with Crippen molar-refractivity contribution in [2.75, 3.05) is 13.1 Å². The van der Waals surface area contributed by atoms with Gasteiger partial charge in [-0.2, -0.15) is 5.26 Å². The van der Waals surface area contributed by atoms with Crippen LogP contribution in [0, 0.1) is 11.3 Å². The minimum atomic E-state index is -0.768. The van der Waals surface area contributed by atoms with E-state index in [-0.39, 0.29) is 11.8 Å². The minimum Gasteiger partial charge on any atom is -0.352 e. The zero-order chi connectivity index (χ0) is 17.1. The molecule has 120 valence electrons. The number of benzene rings is 2. The van der Waals surface area contributed by atoms with Crippen molar-refractivity contribution in [1.82, 2.24) is 10.2 Å². The van der Waals surface area contributed by atoms with Gasteiger partial charge >= 0.3 is 0 Å². The van der Waals surface area contributed by atoms with Crippen LogP contribution in [-0.4, -0.2) is 29.8 Å². The second kappa shape index (κ2) is 6.73. The molecule has 0 aromatic heterocycles. The molecule has 0 saturated carbocycles. The number of halogens is 1. The summed E-state index contributed by atoms with van der Waals surface area (Å²) >= 11 is 6.22. The Balaban J connectivity index is 1.97. The van der Waals surface area contributed by atoms with Crippen molar-refractivity contribution in [2.24, 2.45) is 0 Å². The largest absolute Gasteiger partial charge is 0.352 e. The Bertz CT molecular complexity index is 827. The van der Waals surface area contributed by atoms with Gasteiger partial charge in [-0.3, -0.25) is 9.59 Å². The Labute approximate surface area is 144 Å². The van der Waals surface area contributed by atoms with Gasteiger partial charge in [-0.1, -0.05) is 29.8 Å². The second-order valence-electron chi connectivity index (χ2n) is 5.40. The molecule has 1 aliphatic rings. The van der Waals surface area contributed by atoms with Crippen molar-refractivity contribution >= 4 is 23.4 Å². The first kappa shape index (κ1) is 16.0. The molecule has 1 fully saturated rings. The van der Waals surface area contributed by atoms with Gasteiger partial charge in [0.2, 0.25) is 5.91 Å². The van der Waals surface area contributed by atoms with Gasteiger partial charge in [-0.25, -0.2) is 0 Å². The van der Waals surface area contributed by atoms with Gasteiger partial charge < -0.3 is 10.2 Å². The average molecular weight is 340 g/mol. The van der Waals surface area contributed by atoms with Crippen LogP contribution in [0.4, 0.5) is 0 Å². The van der Waals surface area contributed by atoms with Gasteiger partial charge in [0.1, 0.15) is 6.04 Å². The Morgan fingerprint density at radius 3 is 2.58 bits per heavy atom. The van der Waals surface area contributed by atoms with Gasteiger partial charge in [0, 0.05) is 29.2 Å². The lowest BCUT2D eigenvalue weighted by Gasteiger charge is -2.35. The molecule has 2 aromatic carbocycles. The molecule has 3 rings (SSSR count). The number of nitrogens with one attached hydrogen (secondary N) is 1. The van der Waals surface area contributed by atoms with E-state index in [0.29, 0.717) is 34.8 Å². The molecule has 0 spiro atoms. The van der Waals surface area contributed by atoms with Crippen molar-refractivity contribution in [3.63, 3.8) is 0 Å². The number of carbonyl (C=O) groups excluding carboxylic acids is 2. The first-order valence-electron chi connectivity index (χ1n) is 7.45. The zero-order valence-electron chi connectivity index (χ0n) is 12.7. The Morgan fingerprint density at radius 1 is 1.21 bits per heavy atom. The zero-order valence-corrected chi connectivity index (χ0v) is 13.5. The number of nitrogens with zero attached hydrogens (tertiary/aromatic N) is 2. The maximum Gasteiger partial charge on any atom is 0.254 e. The van der Waals surface area contributed by atoms with E-state index in [4.69, 9.17) is 16.9 Å². The fourth-order valence-corrected chi connectivity index (χ4v) is 2.98. The number of rotatable bonds is 2. The molecule has 24 heavy (non-hydrogen) atoms. The number of carbonyl (C=O) groups is 2. The summed E-state index contributed by atoms with van der Waals surface area (Å²) < 4.78 is 0. The monoisotopic (exact) mass is 339 g/mol. The highest BCUT2D eigenvalue weighted by molar-refractivity contribution is 6.31. The quantitative estimate of drug-likeness (QED) is 0.913. The van der Waals surface area contributed by atoms with Crippen LogP contribution in [0.25, 0.3) is 0 Å². The number of amides is 2. The van der Waals surface area contributed by atoms with Crippen LogP contribution in [0.1, 0.15) is 27.5 Å². The molecule has 0 radical (unpaired) electrons. The summed E-state index contributed by atoms with van der Waals surface area (Å²) in [6.45, 7) is 0.780. The van der Waals surface area contributed by atoms with Gasteiger partial charge in [0.15, 0.2) is 0 Å². The number of hydrogen-bond acceptors (Lipinski definition) is 3. The topological polar surface area (TPSA) is 73.2 Å². The average Bonchev–Trinajstić information content (AvgIpc) is 2.62. The van der Waals surface area contributed by atoms with Gasteiger partial charge in [-0.15, -0.1) is 0 Å². The lowest BCUT2D eigenvalue weighted by Crippen LogP contribution is -2.52. The van der Waals surface area contributed by atoms with E-state index >= 15 is 0 Å². The van der Waals surface area contributed by atoms with Crippen molar-refractivity contribution in [1.29, 1.82) is 5.26 Å². The molecular formula is C18H14ClN3O2. The van der Waals surface area contributed by atoms with Crippen LogP contribution in [0.5, 0.6) is 0 Å². The third kappa shape index (κ3) is 2.97. The number of piperazine rings is 1. The standard InChI is InChI=1S/C18H14ClN3O2/c19-15-4-2-1-3-14(15)16-17(23)21-9-10-22(16)18(24)13-7-5-12(11-20)6-8-13/h1-8,16H,9-10H2,(H,21,23). The molecule has 6 heteroatoms. The van der Waals surface area contributed by atoms with Crippen molar-refractivity contribution in [3.8, 4) is 6.07 Å². The SMILES string of the molecule is N#Cc1ccc(C(=O)N2CCNC(=O)C2c2ccccc2Cl)cc1. The number of nitriles is 1. The summed E-state index contributed by atoms with van der Waals surface area (Å²) in [6.07, 6.45) is 0. The normalized spacial score (nSPS) is 17.1. The maximum atomic E-state index is 12.9. The van der Waals surface area contributed by atoms with E-state index in [1.165, 1.54) is 4.90 Å². The fraction of sp³-hybridized carbons (Fsp3) is 0.167. The Hall–Kier alpha value is -2.84. The van der Waals surface area contributed by atoms with Gasteiger partial charge in [0.25, 0.3) is 5.91 Å². The molecular weight excluding hydrogens is 326 g/mol. The molecule has 0 aliphatic carbocycles. The van der Waals surface area contributed by atoms with Gasteiger partial charge in [-0.05, 0) is 30.3 Å². The molecule has 1 saturated heterocycles. The summed E-state index contributed by atoms with van der Waals surface area (Å²) in [5.41, 5.74) is 1.50. The van der Waals surface area contributed by atoms with Gasteiger partial charge in [0.05, 0.1) is 11.6 Å². The molecule has 1 atom stereocenters. The third-order valence-electron chi connectivity index (χ3n) is 3.93. The van der Waals surface area contributed by atoms with Crippen molar-refractivity contribution in [3.05, 3.63) is 70.2 Å². The predicted molar refractivity (Wildman–Crippen MR) is 89.4 cm³/mol. The molecule has 2 amide bonds. The summed E-state index contributed by atoms with van der Waals surface area (Å²) in [6, 6.07) is 14.6. The molecule has 0 bridgehead atoms. The summed E-state index contributed by atoms with van der Waals surface area (Å²) in [7, 11) is 0. The molecule has 1 N–H and O–H groups in total. The van der Waals surface area contributed by atoms with Crippen LogP contribution < -0.4 is 5.32 Å². The van der Waals surface area contributed by atoms with E-state index in [2.05, 4.69) is 5.32 Å². The van der Waals surface area contributed by atoms with E-state index in [0.717, 1.165) is 0 Å². The summed E-state index contributed by atoms with van der Waals surface area (Å²) in [5, 5.41) is 12.1. The molecule has 1 heterocycles. The van der Waals surface area contributed by atoms with E-state index in [1.807, 2.05) is 6.07 Å². The first-order chi connectivity index (χ1) is 11.6. The molecule has 1 aliphatic heterocycles. The minimum absolute atomic E-state index is 0.253. The Morgan fingerprint density at radius 2 is 1.92 bits per heavy atom. The molecule has 1 unspecified atom stereocenters. The summed E-state index contributed by atoms with van der Waals surface area (Å²) in [5.74, 6) is -0.518. The fourth-order valence-electron chi connectivity index (χ4n) is 2.74. The first-order valence-corrected chi connectivity index (χ1v) is 7.83. The van der Waals surface area contributed by atoms with Crippen LogP contribution in [0.2, 0.25) is 5.02 Å². The lowest BCUT2D eigenvalue weighted by molar-refractivity contribution is -0.128. The lowest BCUT2D eigenvalue weighted by atomic mass is 10.0. The van der Waals surface area contributed by atoms with E-state index < -0.39 is 6.04 Å². The van der Waals surface area contributed by atoms with E-state index in [1.54, 1.807) is 48.5 Å².